The molecule has 21 heavy (non-hydrogen) atoms. The van der Waals surface area contributed by atoms with Crippen molar-refractivity contribution in [2.75, 3.05) is 13.7 Å². The average Bonchev–Trinajstić information content (AvgIpc) is 2.80. The molecular weight excluding hydrogens is 330 g/mol. The molecule has 0 radical (unpaired) electrons. The lowest BCUT2D eigenvalue weighted by atomic mass is 10.0. The van der Waals surface area contributed by atoms with Crippen LogP contribution in [0.25, 0.3) is 0 Å². The average molecular weight is 360 g/mol. The fraction of sp³-hybridized carbons (Fsp3) is 0.812. The summed E-state index contributed by atoms with van der Waals surface area (Å²) in [6.45, 7) is 10.2. The van der Waals surface area contributed by atoms with E-state index in [1.54, 1.807) is 0 Å². The molecule has 1 N–H and O–H groups in total. The third-order valence-electron chi connectivity index (χ3n) is 3.88. The van der Waals surface area contributed by atoms with Gasteiger partial charge in [0.25, 0.3) is 0 Å². The molecule has 2 atom stereocenters. The predicted octanol–water partition coefficient (Wildman–Crippen LogP) is 3.56. The van der Waals surface area contributed by atoms with E-state index in [1.165, 1.54) is 10.2 Å². The second-order valence-corrected chi connectivity index (χ2v) is 6.05. The number of hydrogen-bond acceptors (Lipinski definition) is 3. The van der Waals surface area contributed by atoms with Gasteiger partial charge in [-0.2, -0.15) is 5.10 Å². The first-order valence-corrected chi connectivity index (χ1v) is 8.94. The molecule has 0 saturated carbocycles. The predicted molar refractivity (Wildman–Crippen MR) is 91.9 cm³/mol. The Hall–Kier alpha value is -0.390. The highest BCUT2D eigenvalue weighted by Crippen LogP contribution is 2.25. The summed E-state index contributed by atoms with van der Waals surface area (Å²) in [5.41, 5.74) is 2.42. The molecule has 1 rings (SSSR count). The van der Waals surface area contributed by atoms with Crippen molar-refractivity contribution in [2.24, 2.45) is 0 Å². The van der Waals surface area contributed by atoms with Gasteiger partial charge in [0.05, 0.1) is 22.0 Å². The zero-order chi connectivity index (χ0) is 15.8. The standard InChI is InChI=1S/C16H30BrN3O/c1-6-10-15(21-9-4)13(18-5)11-14-16(17)12(7-2)19-20(14)8-3/h13,15,18H,6-11H2,1-5H3. The summed E-state index contributed by atoms with van der Waals surface area (Å²) in [5, 5.41) is 8.13. The summed E-state index contributed by atoms with van der Waals surface area (Å²) < 4.78 is 9.23. The fourth-order valence-corrected chi connectivity index (χ4v) is 3.47. The van der Waals surface area contributed by atoms with E-state index in [0.717, 1.165) is 44.5 Å². The van der Waals surface area contributed by atoms with E-state index < -0.39 is 0 Å². The van der Waals surface area contributed by atoms with E-state index >= 15 is 0 Å². The minimum absolute atomic E-state index is 0.252. The number of nitrogens with one attached hydrogen (secondary N) is 1. The number of likely N-dealkylation sites (N-methyl/N-ethyl adjacent to an activating group) is 1. The van der Waals surface area contributed by atoms with Gasteiger partial charge >= 0.3 is 0 Å². The topological polar surface area (TPSA) is 39.1 Å². The molecule has 5 heteroatoms. The normalized spacial score (nSPS) is 14.4. The zero-order valence-corrected chi connectivity index (χ0v) is 15.7. The molecule has 1 heterocycles. The van der Waals surface area contributed by atoms with Crippen LogP contribution in [-0.2, 0) is 24.1 Å². The van der Waals surface area contributed by atoms with Gasteiger partial charge in [0.2, 0.25) is 0 Å². The van der Waals surface area contributed by atoms with Crippen LogP contribution in [0.3, 0.4) is 0 Å². The van der Waals surface area contributed by atoms with Crippen LogP contribution in [0.1, 0.15) is 51.9 Å². The summed E-state index contributed by atoms with van der Waals surface area (Å²) in [7, 11) is 2.02. The minimum Gasteiger partial charge on any atom is -0.377 e. The second kappa shape index (κ2) is 9.59. The highest BCUT2D eigenvalue weighted by Gasteiger charge is 2.24. The van der Waals surface area contributed by atoms with Crippen molar-refractivity contribution in [1.82, 2.24) is 15.1 Å². The minimum atomic E-state index is 0.252. The maximum absolute atomic E-state index is 5.95. The first kappa shape index (κ1) is 18.7. The van der Waals surface area contributed by atoms with Crippen molar-refractivity contribution in [2.45, 2.75) is 72.1 Å². The molecule has 0 fully saturated rings. The van der Waals surface area contributed by atoms with Gasteiger partial charge in [0.15, 0.2) is 0 Å². The van der Waals surface area contributed by atoms with E-state index in [4.69, 9.17) is 4.74 Å². The molecule has 1 aromatic rings. The van der Waals surface area contributed by atoms with E-state index in [2.05, 4.69) is 58.7 Å². The molecule has 0 saturated heterocycles. The quantitative estimate of drug-likeness (QED) is 0.693. The van der Waals surface area contributed by atoms with Crippen LogP contribution in [0.15, 0.2) is 4.47 Å². The van der Waals surface area contributed by atoms with E-state index in [0.29, 0.717) is 6.04 Å². The molecule has 0 amide bonds. The van der Waals surface area contributed by atoms with E-state index in [1.807, 2.05) is 7.05 Å². The lowest BCUT2D eigenvalue weighted by Gasteiger charge is -2.27. The molecule has 0 aliphatic carbocycles. The smallest absolute Gasteiger partial charge is 0.0766 e. The van der Waals surface area contributed by atoms with Crippen LogP contribution < -0.4 is 5.32 Å². The van der Waals surface area contributed by atoms with Gasteiger partial charge in [-0.05, 0) is 49.7 Å². The fourth-order valence-electron chi connectivity index (χ4n) is 2.74. The van der Waals surface area contributed by atoms with Gasteiger partial charge in [-0.25, -0.2) is 0 Å². The van der Waals surface area contributed by atoms with Gasteiger partial charge in [-0.1, -0.05) is 20.3 Å². The number of rotatable bonds is 10. The molecule has 0 aliphatic rings. The number of nitrogens with zero attached hydrogens (tertiary/aromatic N) is 2. The van der Waals surface area contributed by atoms with Crippen molar-refractivity contribution in [3.05, 3.63) is 15.9 Å². The van der Waals surface area contributed by atoms with Gasteiger partial charge in [0, 0.05) is 25.6 Å². The Morgan fingerprint density at radius 1 is 1.29 bits per heavy atom. The van der Waals surface area contributed by atoms with Crippen LogP contribution in [0.5, 0.6) is 0 Å². The van der Waals surface area contributed by atoms with Crippen LogP contribution in [0.4, 0.5) is 0 Å². The molecular formula is C16H30BrN3O. The number of aryl methyl sites for hydroxylation is 2. The number of halogens is 1. The van der Waals surface area contributed by atoms with Crippen molar-refractivity contribution in [3.8, 4) is 0 Å². The van der Waals surface area contributed by atoms with Crippen LogP contribution in [0, 0.1) is 0 Å². The number of ether oxygens (including phenoxy) is 1. The highest BCUT2D eigenvalue weighted by atomic mass is 79.9. The highest BCUT2D eigenvalue weighted by molar-refractivity contribution is 9.10. The second-order valence-electron chi connectivity index (χ2n) is 5.26. The largest absolute Gasteiger partial charge is 0.377 e. The molecule has 0 bridgehead atoms. The van der Waals surface area contributed by atoms with E-state index in [9.17, 15) is 0 Å². The van der Waals surface area contributed by atoms with Gasteiger partial charge < -0.3 is 10.1 Å². The molecule has 0 aromatic carbocycles. The van der Waals surface area contributed by atoms with Crippen molar-refractivity contribution in [1.29, 1.82) is 0 Å². The number of hydrogen-bond donors (Lipinski definition) is 1. The molecule has 4 nitrogen and oxygen atoms in total. The van der Waals surface area contributed by atoms with Crippen LogP contribution >= 0.6 is 15.9 Å². The molecule has 2 unspecified atom stereocenters. The zero-order valence-electron chi connectivity index (χ0n) is 14.1. The van der Waals surface area contributed by atoms with Crippen molar-refractivity contribution in [3.63, 3.8) is 0 Å². The first-order valence-electron chi connectivity index (χ1n) is 8.15. The summed E-state index contributed by atoms with van der Waals surface area (Å²) in [6, 6.07) is 0.313. The van der Waals surface area contributed by atoms with E-state index in [-0.39, 0.29) is 6.10 Å². The third-order valence-corrected chi connectivity index (χ3v) is 4.80. The summed E-state index contributed by atoms with van der Waals surface area (Å²) in [4.78, 5) is 0. The Kier molecular flexibility index (Phi) is 8.52. The Morgan fingerprint density at radius 2 is 2.00 bits per heavy atom. The van der Waals surface area contributed by atoms with Crippen LogP contribution in [-0.4, -0.2) is 35.6 Å². The molecule has 122 valence electrons. The first-order chi connectivity index (χ1) is 10.1. The lowest BCUT2D eigenvalue weighted by Crippen LogP contribution is -2.41. The Bertz CT molecular complexity index is 414. The SMILES string of the molecule is CCCC(OCC)C(Cc1c(Br)c(CC)nn1CC)NC. The van der Waals surface area contributed by atoms with Crippen molar-refractivity contribution < 1.29 is 4.74 Å². The molecule has 0 spiro atoms. The monoisotopic (exact) mass is 359 g/mol. The van der Waals surface area contributed by atoms with Crippen LogP contribution in [0.2, 0.25) is 0 Å². The number of aromatic nitrogens is 2. The maximum atomic E-state index is 5.95. The Balaban J connectivity index is 2.96. The van der Waals surface area contributed by atoms with Gasteiger partial charge in [-0.15, -0.1) is 0 Å². The summed E-state index contributed by atoms with van der Waals surface area (Å²) in [5.74, 6) is 0. The van der Waals surface area contributed by atoms with Crippen molar-refractivity contribution >= 4 is 15.9 Å². The van der Waals surface area contributed by atoms with Gasteiger partial charge in [-0.3, -0.25) is 4.68 Å². The Morgan fingerprint density at radius 3 is 2.48 bits per heavy atom. The third kappa shape index (κ3) is 4.80. The summed E-state index contributed by atoms with van der Waals surface area (Å²) >= 11 is 3.74. The molecule has 0 aliphatic heterocycles. The van der Waals surface area contributed by atoms with Gasteiger partial charge in [0.1, 0.15) is 0 Å². The maximum Gasteiger partial charge on any atom is 0.0766 e. The molecule has 1 aromatic heterocycles. The Labute approximate surface area is 137 Å². The lowest BCUT2D eigenvalue weighted by molar-refractivity contribution is 0.0296. The summed E-state index contributed by atoms with van der Waals surface area (Å²) in [6.07, 6.45) is 4.36.